The first-order valence-corrected chi connectivity index (χ1v) is 4.58. The van der Waals surface area contributed by atoms with Crippen molar-refractivity contribution in [2.24, 2.45) is 5.92 Å². The average Bonchev–Trinajstić information content (AvgIpc) is 2.05. The molecule has 0 bridgehead atoms. The number of carbonyl (C=O) groups is 1. The molecule has 0 heterocycles. The molecule has 0 saturated carbocycles. The maximum atomic E-state index is 11.3. The van der Waals surface area contributed by atoms with Crippen LogP contribution in [0.5, 0.6) is 0 Å². The van der Waals surface area contributed by atoms with Gasteiger partial charge in [-0.05, 0) is 33.1 Å². The standard InChI is InChI=1S/C10H16O2/c1-3-12-10(11)9-6-4-5-8(2)7-9/h7,9H,3-6H2,1-2H3. The molecule has 1 aliphatic rings. The second-order valence-corrected chi connectivity index (χ2v) is 3.26. The van der Waals surface area contributed by atoms with Gasteiger partial charge in [-0.15, -0.1) is 0 Å². The molecule has 0 aromatic carbocycles. The Morgan fingerprint density at radius 1 is 1.75 bits per heavy atom. The average molecular weight is 168 g/mol. The Bertz CT molecular complexity index is 194. The lowest BCUT2D eigenvalue weighted by atomic mass is 9.91. The fraction of sp³-hybridized carbons (Fsp3) is 0.700. The van der Waals surface area contributed by atoms with Crippen molar-refractivity contribution in [3.05, 3.63) is 11.6 Å². The molecule has 1 rings (SSSR count). The van der Waals surface area contributed by atoms with E-state index in [4.69, 9.17) is 4.74 Å². The van der Waals surface area contributed by atoms with Gasteiger partial charge in [-0.3, -0.25) is 4.79 Å². The minimum Gasteiger partial charge on any atom is -0.466 e. The molecular formula is C10H16O2. The van der Waals surface area contributed by atoms with Crippen molar-refractivity contribution < 1.29 is 9.53 Å². The molecule has 1 unspecified atom stereocenters. The summed E-state index contributed by atoms with van der Waals surface area (Å²) in [5.41, 5.74) is 1.32. The van der Waals surface area contributed by atoms with Crippen molar-refractivity contribution in [1.29, 1.82) is 0 Å². The molecule has 1 aliphatic carbocycles. The van der Waals surface area contributed by atoms with E-state index in [-0.39, 0.29) is 11.9 Å². The Morgan fingerprint density at radius 2 is 2.50 bits per heavy atom. The third kappa shape index (κ3) is 2.36. The van der Waals surface area contributed by atoms with Gasteiger partial charge in [-0.1, -0.05) is 11.6 Å². The molecule has 0 amide bonds. The number of allylic oxidation sites excluding steroid dienone is 1. The van der Waals surface area contributed by atoms with E-state index >= 15 is 0 Å². The lowest BCUT2D eigenvalue weighted by molar-refractivity contribution is -0.146. The molecule has 12 heavy (non-hydrogen) atoms. The van der Waals surface area contributed by atoms with Crippen molar-refractivity contribution in [3.8, 4) is 0 Å². The molecule has 1 atom stereocenters. The number of ether oxygens (including phenoxy) is 1. The predicted octanol–water partition coefficient (Wildman–Crippen LogP) is 2.30. The molecule has 0 aromatic rings. The van der Waals surface area contributed by atoms with Crippen molar-refractivity contribution in [2.45, 2.75) is 33.1 Å². The molecular weight excluding hydrogens is 152 g/mol. The Kier molecular flexibility index (Phi) is 3.32. The molecule has 0 N–H and O–H groups in total. The van der Waals surface area contributed by atoms with Gasteiger partial charge in [0.1, 0.15) is 0 Å². The van der Waals surface area contributed by atoms with Crippen LogP contribution in [-0.2, 0) is 9.53 Å². The van der Waals surface area contributed by atoms with Gasteiger partial charge >= 0.3 is 5.97 Å². The number of hydrogen-bond acceptors (Lipinski definition) is 2. The van der Waals surface area contributed by atoms with Gasteiger partial charge in [0, 0.05) is 0 Å². The number of esters is 1. The van der Waals surface area contributed by atoms with Gasteiger partial charge in [0.05, 0.1) is 12.5 Å². The first-order chi connectivity index (χ1) is 5.74. The minimum atomic E-state index is -0.0587. The first kappa shape index (κ1) is 9.30. The summed E-state index contributed by atoms with van der Waals surface area (Å²) in [7, 11) is 0. The van der Waals surface area contributed by atoms with Gasteiger partial charge in [0.25, 0.3) is 0 Å². The van der Waals surface area contributed by atoms with E-state index in [1.165, 1.54) is 5.57 Å². The molecule has 0 radical (unpaired) electrons. The maximum Gasteiger partial charge on any atom is 0.312 e. The Labute approximate surface area is 73.6 Å². The summed E-state index contributed by atoms with van der Waals surface area (Å²) in [6.07, 6.45) is 5.25. The zero-order chi connectivity index (χ0) is 8.97. The number of rotatable bonds is 2. The quantitative estimate of drug-likeness (QED) is 0.467. The molecule has 0 aromatic heterocycles. The van der Waals surface area contributed by atoms with Crippen molar-refractivity contribution in [1.82, 2.24) is 0 Å². The normalized spacial score (nSPS) is 23.2. The summed E-state index contributed by atoms with van der Waals surface area (Å²) in [6.45, 7) is 4.41. The fourth-order valence-corrected chi connectivity index (χ4v) is 1.55. The van der Waals surface area contributed by atoms with Gasteiger partial charge in [0.2, 0.25) is 0 Å². The summed E-state index contributed by atoms with van der Waals surface area (Å²) < 4.78 is 4.95. The van der Waals surface area contributed by atoms with Crippen LogP contribution in [0.4, 0.5) is 0 Å². The van der Waals surface area contributed by atoms with Crippen LogP contribution in [0.1, 0.15) is 33.1 Å². The molecule has 0 saturated heterocycles. The van der Waals surface area contributed by atoms with Crippen molar-refractivity contribution in [3.63, 3.8) is 0 Å². The summed E-state index contributed by atoms with van der Waals surface area (Å²) in [6, 6.07) is 0. The second-order valence-electron chi connectivity index (χ2n) is 3.26. The van der Waals surface area contributed by atoms with Crippen molar-refractivity contribution >= 4 is 5.97 Å². The topological polar surface area (TPSA) is 26.3 Å². The summed E-state index contributed by atoms with van der Waals surface area (Å²) >= 11 is 0. The SMILES string of the molecule is CCOC(=O)C1C=C(C)CCC1. The van der Waals surface area contributed by atoms with Crippen molar-refractivity contribution in [2.75, 3.05) is 6.61 Å². The fourth-order valence-electron chi connectivity index (χ4n) is 1.55. The zero-order valence-corrected chi connectivity index (χ0v) is 7.80. The van der Waals surface area contributed by atoms with Gasteiger partial charge < -0.3 is 4.74 Å². The van der Waals surface area contributed by atoms with Crippen LogP contribution < -0.4 is 0 Å². The highest BCUT2D eigenvalue weighted by atomic mass is 16.5. The molecule has 68 valence electrons. The first-order valence-electron chi connectivity index (χ1n) is 4.58. The van der Waals surface area contributed by atoms with Crippen LogP contribution in [0.25, 0.3) is 0 Å². The van der Waals surface area contributed by atoms with Crippen LogP contribution in [0.15, 0.2) is 11.6 Å². The predicted molar refractivity (Wildman–Crippen MR) is 47.7 cm³/mol. The van der Waals surface area contributed by atoms with E-state index in [1.54, 1.807) is 0 Å². The highest BCUT2D eigenvalue weighted by molar-refractivity contribution is 5.74. The van der Waals surface area contributed by atoms with E-state index < -0.39 is 0 Å². The summed E-state index contributed by atoms with van der Waals surface area (Å²) in [4.78, 5) is 11.3. The summed E-state index contributed by atoms with van der Waals surface area (Å²) in [5, 5.41) is 0. The smallest absolute Gasteiger partial charge is 0.312 e. The number of hydrogen-bond donors (Lipinski definition) is 0. The highest BCUT2D eigenvalue weighted by Crippen LogP contribution is 2.23. The zero-order valence-electron chi connectivity index (χ0n) is 7.80. The largest absolute Gasteiger partial charge is 0.466 e. The second kappa shape index (κ2) is 4.29. The maximum absolute atomic E-state index is 11.3. The Hall–Kier alpha value is -0.790. The molecule has 2 heteroatoms. The van der Waals surface area contributed by atoms with E-state index in [9.17, 15) is 4.79 Å². The van der Waals surface area contributed by atoms with Crippen LogP contribution in [-0.4, -0.2) is 12.6 Å². The number of carbonyl (C=O) groups excluding carboxylic acids is 1. The van der Waals surface area contributed by atoms with Crippen LogP contribution in [0.3, 0.4) is 0 Å². The van der Waals surface area contributed by atoms with E-state index in [0.29, 0.717) is 6.61 Å². The lowest BCUT2D eigenvalue weighted by Crippen LogP contribution is -2.18. The minimum absolute atomic E-state index is 0.0266. The molecule has 2 nitrogen and oxygen atoms in total. The van der Waals surface area contributed by atoms with E-state index in [1.807, 2.05) is 13.0 Å². The van der Waals surface area contributed by atoms with Gasteiger partial charge in [0.15, 0.2) is 0 Å². The van der Waals surface area contributed by atoms with Gasteiger partial charge in [-0.2, -0.15) is 0 Å². The van der Waals surface area contributed by atoms with E-state index in [2.05, 4.69) is 6.92 Å². The Balaban J connectivity index is 2.51. The molecule has 0 aliphatic heterocycles. The monoisotopic (exact) mass is 168 g/mol. The Morgan fingerprint density at radius 3 is 3.08 bits per heavy atom. The van der Waals surface area contributed by atoms with Crippen LogP contribution >= 0.6 is 0 Å². The third-order valence-corrected chi connectivity index (χ3v) is 2.16. The van der Waals surface area contributed by atoms with E-state index in [0.717, 1.165) is 19.3 Å². The van der Waals surface area contributed by atoms with Crippen LogP contribution in [0.2, 0.25) is 0 Å². The summed E-state index contributed by atoms with van der Waals surface area (Å²) in [5.74, 6) is -0.0322. The molecule has 0 fully saturated rings. The lowest BCUT2D eigenvalue weighted by Gasteiger charge is -2.17. The van der Waals surface area contributed by atoms with Gasteiger partial charge in [-0.25, -0.2) is 0 Å². The molecule has 0 spiro atoms. The highest BCUT2D eigenvalue weighted by Gasteiger charge is 2.19. The van der Waals surface area contributed by atoms with Crippen LogP contribution in [0, 0.1) is 5.92 Å². The third-order valence-electron chi connectivity index (χ3n) is 2.16.